The van der Waals surface area contributed by atoms with Gasteiger partial charge in [0, 0.05) is 0 Å². The van der Waals surface area contributed by atoms with Crippen molar-refractivity contribution in [3.63, 3.8) is 0 Å². The largest absolute Gasteiger partial charge is 0.380 e. The number of hydrogen-bond acceptors (Lipinski definition) is 1. The molecule has 0 N–H and O–H groups in total. The molecule has 0 aliphatic carbocycles. The highest BCUT2D eigenvalue weighted by Gasteiger charge is 2.13. The summed E-state index contributed by atoms with van der Waals surface area (Å²) >= 11 is 0. The molecule has 2 unspecified atom stereocenters. The van der Waals surface area contributed by atoms with Crippen molar-refractivity contribution in [2.24, 2.45) is 0 Å². The average Bonchev–Trinajstić information content (AvgIpc) is 1.64. The Labute approximate surface area is 52.6 Å². The lowest BCUT2D eigenvalue weighted by molar-refractivity contribution is 0.130. The summed E-state index contributed by atoms with van der Waals surface area (Å²) in [6.45, 7) is 6.49. The van der Waals surface area contributed by atoms with E-state index >= 15 is 0 Å². The Hall–Kier alpha value is 0.390. The maximum absolute atomic E-state index is 5.30. The third-order valence-corrected chi connectivity index (χ3v) is 2.78. The van der Waals surface area contributed by atoms with Crippen molar-refractivity contribution in [2.75, 3.05) is 13.2 Å². The van der Waals surface area contributed by atoms with E-state index in [0.717, 1.165) is 33.1 Å². The zero-order valence-corrected chi connectivity index (χ0v) is 6.48. The minimum absolute atomic E-state index is 0.818. The molecule has 0 aromatic rings. The normalized spacial score (nSPS) is 42.8. The van der Waals surface area contributed by atoms with E-state index in [9.17, 15) is 0 Å². The van der Waals surface area contributed by atoms with E-state index in [1.54, 1.807) is 0 Å². The molecule has 1 aliphatic heterocycles. The van der Waals surface area contributed by atoms with Gasteiger partial charge >= 0.3 is 0 Å². The van der Waals surface area contributed by atoms with Gasteiger partial charge in [0.05, 0.1) is 13.2 Å². The lowest BCUT2D eigenvalue weighted by Gasteiger charge is -2.23. The van der Waals surface area contributed by atoms with Crippen LogP contribution in [-0.4, -0.2) is 24.5 Å². The summed E-state index contributed by atoms with van der Waals surface area (Å²) < 4.78 is 5.30. The molecule has 0 aromatic heterocycles. The van der Waals surface area contributed by atoms with Crippen LogP contribution in [-0.2, 0) is 4.74 Å². The van der Waals surface area contributed by atoms with E-state index in [2.05, 4.69) is 13.8 Å². The van der Waals surface area contributed by atoms with Crippen LogP contribution in [0.25, 0.3) is 0 Å². The number of ether oxygens (including phenoxy) is 1. The summed E-state index contributed by atoms with van der Waals surface area (Å²) in [7, 11) is 1.12. The van der Waals surface area contributed by atoms with Crippen LogP contribution in [0.3, 0.4) is 0 Å². The Bertz CT molecular complexity index is 66.9. The SMILES string of the molecule is CC1COC[C@@H](C)P1. The molecule has 3 atom stereocenters. The van der Waals surface area contributed by atoms with Gasteiger partial charge in [0.2, 0.25) is 0 Å². The predicted molar refractivity (Wildman–Crippen MR) is 38.1 cm³/mol. The van der Waals surface area contributed by atoms with Crippen LogP contribution < -0.4 is 0 Å². The zero-order valence-electron chi connectivity index (χ0n) is 5.48. The molecule has 1 heterocycles. The van der Waals surface area contributed by atoms with Crippen LogP contribution in [0.4, 0.5) is 0 Å². The number of hydrogen-bond donors (Lipinski definition) is 0. The first-order valence-electron chi connectivity index (χ1n) is 3.13. The van der Waals surface area contributed by atoms with Gasteiger partial charge in [-0.05, 0) is 11.3 Å². The zero-order chi connectivity index (χ0) is 5.98. The van der Waals surface area contributed by atoms with Gasteiger partial charge in [-0.25, -0.2) is 0 Å². The molecule has 2 heteroatoms. The van der Waals surface area contributed by atoms with Gasteiger partial charge in [0.1, 0.15) is 0 Å². The molecule has 1 fully saturated rings. The summed E-state index contributed by atoms with van der Waals surface area (Å²) in [5, 5.41) is 0. The van der Waals surface area contributed by atoms with Gasteiger partial charge in [-0.2, -0.15) is 0 Å². The quantitative estimate of drug-likeness (QED) is 0.453. The minimum atomic E-state index is 0.818. The molecule has 0 saturated carbocycles. The Kier molecular flexibility index (Phi) is 2.27. The molecular formula is C6H13OP. The van der Waals surface area contributed by atoms with Crippen molar-refractivity contribution in [1.82, 2.24) is 0 Å². The summed E-state index contributed by atoms with van der Waals surface area (Å²) in [6.07, 6.45) is 0. The fourth-order valence-electron chi connectivity index (χ4n) is 1.00. The van der Waals surface area contributed by atoms with Crippen LogP contribution in [0.5, 0.6) is 0 Å². The number of rotatable bonds is 0. The Morgan fingerprint density at radius 2 is 1.75 bits per heavy atom. The third kappa shape index (κ3) is 1.72. The van der Waals surface area contributed by atoms with Crippen LogP contribution in [0, 0.1) is 0 Å². The summed E-state index contributed by atoms with van der Waals surface area (Å²) in [6, 6.07) is 0. The van der Waals surface area contributed by atoms with Crippen LogP contribution in [0.2, 0.25) is 0 Å². The molecule has 0 amide bonds. The highest BCUT2D eigenvalue weighted by molar-refractivity contribution is 7.39. The topological polar surface area (TPSA) is 9.23 Å². The second-order valence-electron chi connectivity index (χ2n) is 2.51. The van der Waals surface area contributed by atoms with Gasteiger partial charge in [-0.15, -0.1) is 8.58 Å². The summed E-state index contributed by atoms with van der Waals surface area (Å²) in [5.74, 6) is 0. The van der Waals surface area contributed by atoms with E-state index in [1.165, 1.54) is 0 Å². The molecule has 1 rings (SSSR count). The van der Waals surface area contributed by atoms with Crippen molar-refractivity contribution in [3.05, 3.63) is 0 Å². The van der Waals surface area contributed by atoms with Crippen LogP contribution in [0.15, 0.2) is 0 Å². The van der Waals surface area contributed by atoms with Crippen molar-refractivity contribution >= 4 is 8.58 Å². The smallest absolute Gasteiger partial charge is 0.0528 e. The molecule has 0 bridgehead atoms. The van der Waals surface area contributed by atoms with Crippen molar-refractivity contribution in [1.29, 1.82) is 0 Å². The van der Waals surface area contributed by atoms with E-state index in [4.69, 9.17) is 4.74 Å². The lowest BCUT2D eigenvalue weighted by Crippen LogP contribution is -2.21. The molecule has 1 nitrogen and oxygen atoms in total. The fourth-order valence-corrected chi connectivity index (χ4v) is 2.40. The molecule has 1 saturated heterocycles. The van der Waals surface area contributed by atoms with Gasteiger partial charge in [-0.3, -0.25) is 0 Å². The van der Waals surface area contributed by atoms with Gasteiger partial charge in [0.25, 0.3) is 0 Å². The molecule has 0 radical (unpaired) electrons. The first-order chi connectivity index (χ1) is 3.79. The van der Waals surface area contributed by atoms with Crippen molar-refractivity contribution in [2.45, 2.75) is 25.2 Å². The monoisotopic (exact) mass is 132 g/mol. The summed E-state index contributed by atoms with van der Waals surface area (Å²) in [5.41, 5.74) is 1.64. The molecule has 8 heavy (non-hydrogen) atoms. The predicted octanol–water partition coefficient (Wildman–Crippen LogP) is 1.47. The van der Waals surface area contributed by atoms with E-state index in [0.29, 0.717) is 0 Å². The van der Waals surface area contributed by atoms with Gasteiger partial charge in [0.15, 0.2) is 0 Å². The molecule has 48 valence electrons. The standard InChI is InChI=1S/C6H13OP/c1-5-3-7-4-6(2)8-5/h5-6,8H,3-4H2,1-2H3/t5-,6?/m1/s1. The van der Waals surface area contributed by atoms with Crippen LogP contribution >= 0.6 is 8.58 Å². The second kappa shape index (κ2) is 2.80. The minimum Gasteiger partial charge on any atom is -0.380 e. The first-order valence-corrected chi connectivity index (χ1v) is 4.28. The van der Waals surface area contributed by atoms with E-state index in [1.807, 2.05) is 0 Å². The average molecular weight is 132 g/mol. The fraction of sp³-hybridized carbons (Fsp3) is 1.00. The van der Waals surface area contributed by atoms with Crippen LogP contribution in [0.1, 0.15) is 13.8 Å². The maximum Gasteiger partial charge on any atom is 0.0528 e. The second-order valence-corrected chi connectivity index (χ2v) is 4.81. The Balaban J connectivity index is 2.23. The van der Waals surface area contributed by atoms with Gasteiger partial charge < -0.3 is 4.74 Å². The highest BCUT2D eigenvalue weighted by Crippen LogP contribution is 2.29. The Morgan fingerprint density at radius 1 is 1.25 bits per heavy atom. The van der Waals surface area contributed by atoms with Gasteiger partial charge in [-0.1, -0.05) is 13.8 Å². The molecule has 1 aliphatic rings. The maximum atomic E-state index is 5.30. The van der Waals surface area contributed by atoms with Crippen molar-refractivity contribution in [3.8, 4) is 0 Å². The first kappa shape index (κ1) is 6.51. The molecule has 0 spiro atoms. The van der Waals surface area contributed by atoms with E-state index < -0.39 is 0 Å². The Morgan fingerprint density at radius 3 is 2.00 bits per heavy atom. The third-order valence-electron chi connectivity index (χ3n) is 1.30. The summed E-state index contributed by atoms with van der Waals surface area (Å²) in [4.78, 5) is 0. The van der Waals surface area contributed by atoms with Crippen molar-refractivity contribution < 1.29 is 4.74 Å². The van der Waals surface area contributed by atoms with E-state index in [-0.39, 0.29) is 0 Å². The molecular weight excluding hydrogens is 119 g/mol. The lowest BCUT2D eigenvalue weighted by atomic mass is 10.4. The highest BCUT2D eigenvalue weighted by atomic mass is 31.1. The molecule has 0 aromatic carbocycles.